The second-order valence-corrected chi connectivity index (χ2v) is 2.50. The van der Waals surface area contributed by atoms with Crippen molar-refractivity contribution in [1.82, 2.24) is 4.90 Å². The largest absolute Gasteiger partial charge is 0.275 e. The van der Waals surface area contributed by atoms with Crippen LogP contribution in [0.1, 0.15) is 19.8 Å². The van der Waals surface area contributed by atoms with Gasteiger partial charge in [-0.25, -0.2) is 0 Å². The van der Waals surface area contributed by atoms with E-state index in [2.05, 4.69) is 5.92 Å². The van der Waals surface area contributed by atoms with Crippen LogP contribution >= 0.6 is 0 Å². The minimum Gasteiger partial charge on any atom is -0.275 e. The Kier molecular flexibility index (Phi) is 1.95. The molecule has 11 heavy (non-hydrogen) atoms. The van der Waals surface area contributed by atoms with Gasteiger partial charge in [-0.2, -0.15) is 0 Å². The molecular formula is C8H9NO2. The van der Waals surface area contributed by atoms with Crippen LogP contribution in [0.4, 0.5) is 0 Å². The van der Waals surface area contributed by atoms with Crippen LogP contribution in [-0.2, 0) is 9.59 Å². The molecule has 0 spiro atoms. The van der Waals surface area contributed by atoms with Gasteiger partial charge in [0.25, 0.3) is 0 Å². The van der Waals surface area contributed by atoms with Crippen LogP contribution in [0.2, 0.25) is 0 Å². The molecule has 0 aromatic rings. The van der Waals surface area contributed by atoms with Crippen molar-refractivity contribution < 1.29 is 9.59 Å². The SMILES string of the molecule is C#CC1CCC(=O)N1C(C)=O. The van der Waals surface area contributed by atoms with Gasteiger partial charge in [0.1, 0.15) is 6.04 Å². The van der Waals surface area contributed by atoms with Gasteiger partial charge in [-0.3, -0.25) is 14.5 Å². The number of carbonyl (C=O) groups is 2. The highest BCUT2D eigenvalue weighted by Gasteiger charge is 2.32. The first-order chi connectivity index (χ1) is 5.16. The molecule has 1 rings (SSSR count). The van der Waals surface area contributed by atoms with Crippen LogP contribution in [0.3, 0.4) is 0 Å². The van der Waals surface area contributed by atoms with E-state index in [4.69, 9.17) is 6.42 Å². The second kappa shape index (κ2) is 2.75. The van der Waals surface area contributed by atoms with Gasteiger partial charge in [-0.15, -0.1) is 6.42 Å². The fourth-order valence-electron chi connectivity index (χ4n) is 1.24. The van der Waals surface area contributed by atoms with Crippen LogP contribution in [0.15, 0.2) is 0 Å². The van der Waals surface area contributed by atoms with E-state index in [1.807, 2.05) is 0 Å². The van der Waals surface area contributed by atoms with E-state index in [1.54, 1.807) is 0 Å². The summed E-state index contributed by atoms with van der Waals surface area (Å²) in [6.45, 7) is 1.35. The maximum Gasteiger partial charge on any atom is 0.230 e. The molecule has 0 aromatic carbocycles. The summed E-state index contributed by atoms with van der Waals surface area (Å²) >= 11 is 0. The van der Waals surface area contributed by atoms with Gasteiger partial charge >= 0.3 is 0 Å². The maximum atomic E-state index is 11.0. The second-order valence-electron chi connectivity index (χ2n) is 2.50. The number of imide groups is 1. The molecule has 58 valence electrons. The Balaban J connectivity index is 2.81. The summed E-state index contributed by atoms with van der Waals surface area (Å²) in [7, 11) is 0. The Hall–Kier alpha value is -1.30. The molecule has 0 saturated carbocycles. The summed E-state index contributed by atoms with van der Waals surface area (Å²) in [4.78, 5) is 23.0. The predicted octanol–water partition coefficient (Wildman–Crippen LogP) is 0.157. The first-order valence-corrected chi connectivity index (χ1v) is 3.45. The quantitative estimate of drug-likeness (QED) is 0.462. The first kappa shape index (κ1) is 7.80. The van der Waals surface area contributed by atoms with E-state index in [9.17, 15) is 9.59 Å². The highest BCUT2D eigenvalue weighted by Crippen LogP contribution is 2.17. The molecule has 1 aliphatic heterocycles. The lowest BCUT2D eigenvalue weighted by Crippen LogP contribution is -2.35. The maximum absolute atomic E-state index is 11.0. The standard InChI is InChI=1S/C8H9NO2/c1-3-7-4-5-8(11)9(7)6(2)10/h1,7H,4-5H2,2H3. The average molecular weight is 151 g/mol. The van der Waals surface area contributed by atoms with Gasteiger partial charge in [-0.05, 0) is 6.42 Å². The molecule has 2 amide bonds. The Morgan fingerprint density at radius 3 is 2.82 bits per heavy atom. The van der Waals surface area contributed by atoms with E-state index in [1.165, 1.54) is 6.92 Å². The van der Waals surface area contributed by atoms with Crippen molar-refractivity contribution in [3.05, 3.63) is 0 Å². The first-order valence-electron chi connectivity index (χ1n) is 3.45. The molecule has 0 aliphatic carbocycles. The topological polar surface area (TPSA) is 37.4 Å². The zero-order chi connectivity index (χ0) is 8.43. The van der Waals surface area contributed by atoms with Gasteiger partial charge in [0.2, 0.25) is 11.8 Å². The summed E-state index contributed by atoms with van der Waals surface area (Å²) in [6.07, 6.45) is 6.13. The van der Waals surface area contributed by atoms with Crippen LogP contribution < -0.4 is 0 Å². The molecule has 1 fully saturated rings. The summed E-state index contributed by atoms with van der Waals surface area (Å²) in [5.74, 6) is 2.00. The van der Waals surface area contributed by atoms with Crippen molar-refractivity contribution in [3.8, 4) is 12.3 Å². The lowest BCUT2D eigenvalue weighted by atomic mass is 10.2. The number of hydrogen-bond donors (Lipinski definition) is 0. The molecule has 1 saturated heterocycles. The molecule has 1 heterocycles. The highest BCUT2D eigenvalue weighted by molar-refractivity contribution is 5.96. The third-order valence-electron chi connectivity index (χ3n) is 1.74. The van der Waals surface area contributed by atoms with Gasteiger partial charge in [0.15, 0.2) is 0 Å². The van der Waals surface area contributed by atoms with Crippen molar-refractivity contribution in [1.29, 1.82) is 0 Å². The molecular weight excluding hydrogens is 142 g/mol. The van der Waals surface area contributed by atoms with Crippen molar-refractivity contribution in [2.75, 3.05) is 0 Å². The molecule has 0 radical (unpaired) electrons. The molecule has 3 nitrogen and oxygen atoms in total. The van der Waals surface area contributed by atoms with Crippen molar-refractivity contribution in [2.24, 2.45) is 0 Å². The summed E-state index contributed by atoms with van der Waals surface area (Å²) in [5.41, 5.74) is 0. The highest BCUT2D eigenvalue weighted by atomic mass is 16.2. The molecule has 0 bridgehead atoms. The van der Waals surface area contributed by atoms with Crippen molar-refractivity contribution in [2.45, 2.75) is 25.8 Å². The molecule has 0 N–H and O–H groups in total. The van der Waals surface area contributed by atoms with Gasteiger partial charge in [0, 0.05) is 13.3 Å². The van der Waals surface area contributed by atoms with Gasteiger partial charge < -0.3 is 0 Å². The lowest BCUT2D eigenvalue weighted by molar-refractivity contribution is -0.141. The van der Waals surface area contributed by atoms with E-state index < -0.39 is 0 Å². The van der Waals surface area contributed by atoms with Crippen LogP contribution in [0.5, 0.6) is 0 Å². The van der Waals surface area contributed by atoms with Crippen LogP contribution in [-0.4, -0.2) is 22.8 Å². The Bertz CT molecular complexity index is 239. The smallest absolute Gasteiger partial charge is 0.230 e. The van der Waals surface area contributed by atoms with Crippen molar-refractivity contribution in [3.63, 3.8) is 0 Å². The van der Waals surface area contributed by atoms with E-state index in [0.717, 1.165) is 4.90 Å². The average Bonchev–Trinajstić information content (AvgIpc) is 2.30. The third-order valence-corrected chi connectivity index (χ3v) is 1.74. The third kappa shape index (κ3) is 1.25. The van der Waals surface area contributed by atoms with Crippen molar-refractivity contribution >= 4 is 11.8 Å². The number of nitrogens with zero attached hydrogens (tertiary/aromatic N) is 1. The fourth-order valence-corrected chi connectivity index (χ4v) is 1.24. The Labute approximate surface area is 65.4 Å². The van der Waals surface area contributed by atoms with Crippen LogP contribution in [0, 0.1) is 12.3 Å². The van der Waals surface area contributed by atoms with Gasteiger partial charge in [-0.1, -0.05) is 5.92 Å². The molecule has 1 atom stereocenters. The molecule has 3 heteroatoms. The minimum atomic E-state index is -0.306. The number of likely N-dealkylation sites (tertiary alicyclic amines) is 1. The zero-order valence-electron chi connectivity index (χ0n) is 6.33. The Morgan fingerprint density at radius 1 is 1.82 bits per heavy atom. The molecule has 1 aliphatic rings. The summed E-state index contributed by atoms with van der Waals surface area (Å²) < 4.78 is 0. The number of amides is 2. The molecule has 0 aromatic heterocycles. The number of carbonyl (C=O) groups excluding carboxylic acids is 2. The minimum absolute atomic E-state index is 0.152. The van der Waals surface area contributed by atoms with Gasteiger partial charge in [0.05, 0.1) is 0 Å². The fraction of sp³-hybridized carbons (Fsp3) is 0.500. The number of terminal acetylenes is 1. The predicted molar refractivity (Wildman–Crippen MR) is 39.4 cm³/mol. The van der Waals surface area contributed by atoms with E-state index in [-0.39, 0.29) is 17.9 Å². The summed E-state index contributed by atoms with van der Waals surface area (Å²) in [5, 5.41) is 0. The van der Waals surface area contributed by atoms with E-state index in [0.29, 0.717) is 12.8 Å². The normalized spacial score (nSPS) is 23.5. The molecule has 1 unspecified atom stereocenters. The van der Waals surface area contributed by atoms with E-state index >= 15 is 0 Å². The van der Waals surface area contributed by atoms with Crippen LogP contribution in [0.25, 0.3) is 0 Å². The monoisotopic (exact) mass is 151 g/mol. The lowest BCUT2D eigenvalue weighted by Gasteiger charge is -2.15. The summed E-state index contributed by atoms with van der Waals surface area (Å²) in [6, 6.07) is -0.306. The Morgan fingerprint density at radius 2 is 2.45 bits per heavy atom. The zero-order valence-corrected chi connectivity index (χ0v) is 6.33. The number of rotatable bonds is 0. The number of hydrogen-bond acceptors (Lipinski definition) is 2.